The molecule has 2 N–H and O–H groups in total. The zero-order chi connectivity index (χ0) is 11.8. The van der Waals surface area contributed by atoms with Crippen molar-refractivity contribution in [3.05, 3.63) is 35.9 Å². The van der Waals surface area contributed by atoms with E-state index in [1.807, 2.05) is 12.3 Å². The molecule has 0 bridgehead atoms. The van der Waals surface area contributed by atoms with Crippen LogP contribution < -0.4 is 5.73 Å². The molecule has 0 aliphatic heterocycles. The van der Waals surface area contributed by atoms with Crippen LogP contribution in [-0.2, 0) is 13.0 Å². The van der Waals surface area contributed by atoms with Crippen molar-refractivity contribution in [2.75, 3.05) is 0 Å². The van der Waals surface area contributed by atoms with E-state index in [4.69, 9.17) is 5.73 Å². The van der Waals surface area contributed by atoms with E-state index in [0.717, 1.165) is 23.5 Å². The van der Waals surface area contributed by atoms with Crippen molar-refractivity contribution in [1.82, 2.24) is 9.38 Å². The van der Waals surface area contributed by atoms with Gasteiger partial charge in [0.15, 0.2) is 0 Å². The smallest absolute Gasteiger partial charge is 0.114 e. The van der Waals surface area contributed by atoms with Gasteiger partial charge in [-0.1, -0.05) is 26.8 Å². The standard InChI is InChI=1S/C13H19N3/c1-13(2,3)7-12-15-9-11-6-4-5-10(8-14)16(11)12/h4-6,9H,7-8,14H2,1-3H3. The summed E-state index contributed by atoms with van der Waals surface area (Å²) in [6.07, 6.45) is 2.87. The Morgan fingerprint density at radius 1 is 1.31 bits per heavy atom. The first-order valence-electron chi connectivity index (χ1n) is 5.65. The van der Waals surface area contributed by atoms with E-state index in [1.165, 1.54) is 0 Å². The number of aromatic nitrogens is 2. The topological polar surface area (TPSA) is 43.3 Å². The Balaban J connectivity index is 2.54. The minimum atomic E-state index is 0.239. The first-order valence-corrected chi connectivity index (χ1v) is 5.65. The fraction of sp³-hybridized carbons (Fsp3) is 0.462. The summed E-state index contributed by atoms with van der Waals surface area (Å²) in [7, 11) is 0. The molecule has 2 rings (SSSR count). The fourth-order valence-corrected chi connectivity index (χ4v) is 1.94. The quantitative estimate of drug-likeness (QED) is 0.839. The van der Waals surface area contributed by atoms with Gasteiger partial charge in [-0.05, 0) is 17.5 Å². The summed E-state index contributed by atoms with van der Waals surface area (Å²) in [4.78, 5) is 4.50. The summed E-state index contributed by atoms with van der Waals surface area (Å²) in [6.45, 7) is 7.21. The zero-order valence-corrected chi connectivity index (χ0v) is 10.2. The number of nitrogens with zero attached hydrogens (tertiary/aromatic N) is 2. The lowest BCUT2D eigenvalue weighted by molar-refractivity contribution is 0.399. The summed E-state index contributed by atoms with van der Waals surface area (Å²) in [5, 5.41) is 0. The average Bonchev–Trinajstić information content (AvgIpc) is 2.59. The fourth-order valence-electron chi connectivity index (χ4n) is 1.94. The van der Waals surface area contributed by atoms with Crippen molar-refractivity contribution in [3.63, 3.8) is 0 Å². The van der Waals surface area contributed by atoms with Gasteiger partial charge < -0.3 is 5.73 Å². The van der Waals surface area contributed by atoms with Gasteiger partial charge in [-0.2, -0.15) is 0 Å². The van der Waals surface area contributed by atoms with E-state index in [1.54, 1.807) is 0 Å². The summed E-state index contributed by atoms with van der Waals surface area (Å²) in [5.41, 5.74) is 8.24. The molecule has 3 heteroatoms. The number of rotatable bonds is 2. The van der Waals surface area contributed by atoms with Crippen LogP contribution in [0.3, 0.4) is 0 Å². The van der Waals surface area contributed by atoms with Crippen LogP contribution in [0.15, 0.2) is 24.4 Å². The Labute approximate surface area is 96.3 Å². The number of hydrogen-bond donors (Lipinski definition) is 1. The third kappa shape index (κ3) is 2.09. The van der Waals surface area contributed by atoms with Crippen LogP contribution in [-0.4, -0.2) is 9.38 Å². The van der Waals surface area contributed by atoms with Crippen molar-refractivity contribution in [2.24, 2.45) is 11.1 Å². The zero-order valence-electron chi connectivity index (χ0n) is 10.2. The minimum Gasteiger partial charge on any atom is -0.325 e. The lowest BCUT2D eigenvalue weighted by Gasteiger charge is -2.17. The molecule has 0 saturated heterocycles. The number of imidazole rings is 1. The monoisotopic (exact) mass is 217 g/mol. The Morgan fingerprint density at radius 2 is 2.06 bits per heavy atom. The van der Waals surface area contributed by atoms with Crippen LogP contribution in [0.5, 0.6) is 0 Å². The van der Waals surface area contributed by atoms with E-state index in [9.17, 15) is 0 Å². The van der Waals surface area contributed by atoms with Gasteiger partial charge in [0.25, 0.3) is 0 Å². The first-order chi connectivity index (χ1) is 7.51. The number of nitrogens with two attached hydrogens (primary N) is 1. The van der Waals surface area contributed by atoms with Gasteiger partial charge in [0.05, 0.1) is 11.7 Å². The Kier molecular flexibility index (Phi) is 2.72. The van der Waals surface area contributed by atoms with Crippen LogP contribution in [0.2, 0.25) is 0 Å². The maximum atomic E-state index is 5.76. The number of pyridine rings is 1. The maximum Gasteiger partial charge on any atom is 0.114 e. The van der Waals surface area contributed by atoms with Gasteiger partial charge in [0.1, 0.15) is 5.82 Å². The van der Waals surface area contributed by atoms with Gasteiger partial charge in [-0.15, -0.1) is 0 Å². The van der Waals surface area contributed by atoms with Gasteiger partial charge in [-0.25, -0.2) is 4.98 Å². The van der Waals surface area contributed by atoms with Gasteiger partial charge in [-0.3, -0.25) is 4.40 Å². The van der Waals surface area contributed by atoms with Crippen LogP contribution in [0.4, 0.5) is 0 Å². The Morgan fingerprint density at radius 3 is 2.69 bits per heavy atom. The largest absolute Gasteiger partial charge is 0.325 e. The Bertz CT molecular complexity index is 491. The van der Waals surface area contributed by atoms with E-state index in [-0.39, 0.29) is 5.41 Å². The number of fused-ring (bicyclic) bond motifs is 1. The maximum absolute atomic E-state index is 5.76. The van der Waals surface area contributed by atoms with Crippen LogP contribution in [0.1, 0.15) is 32.3 Å². The molecule has 2 heterocycles. The third-order valence-electron chi connectivity index (χ3n) is 2.60. The molecule has 2 aromatic heterocycles. The molecule has 0 atom stereocenters. The summed E-state index contributed by atoms with van der Waals surface area (Å²) in [6, 6.07) is 6.15. The second-order valence-corrected chi connectivity index (χ2v) is 5.39. The molecule has 0 amide bonds. The first kappa shape index (κ1) is 11.1. The highest BCUT2D eigenvalue weighted by Crippen LogP contribution is 2.21. The highest BCUT2D eigenvalue weighted by molar-refractivity contribution is 5.47. The summed E-state index contributed by atoms with van der Waals surface area (Å²) < 4.78 is 2.17. The second kappa shape index (κ2) is 3.91. The van der Waals surface area contributed by atoms with Crippen LogP contribution >= 0.6 is 0 Å². The van der Waals surface area contributed by atoms with E-state index in [0.29, 0.717) is 6.54 Å². The second-order valence-electron chi connectivity index (χ2n) is 5.39. The van der Waals surface area contributed by atoms with Crippen molar-refractivity contribution < 1.29 is 0 Å². The van der Waals surface area contributed by atoms with E-state index < -0.39 is 0 Å². The van der Waals surface area contributed by atoms with Crippen LogP contribution in [0, 0.1) is 5.41 Å². The minimum absolute atomic E-state index is 0.239. The normalized spacial score (nSPS) is 12.2. The third-order valence-corrected chi connectivity index (χ3v) is 2.60. The van der Waals surface area contributed by atoms with Gasteiger partial charge in [0.2, 0.25) is 0 Å². The molecular weight excluding hydrogens is 198 g/mol. The van der Waals surface area contributed by atoms with E-state index >= 15 is 0 Å². The molecule has 2 aromatic rings. The molecule has 0 aliphatic carbocycles. The van der Waals surface area contributed by atoms with Crippen molar-refractivity contribution in [3.8, 4) is 0 Å². The molecule has 0 radical (unpaired) electrons. The SMILES string of the molecule is CC(C)(C)Cc1ncc2cccc(CN)n12. The Hall–Kier alpha value is -1.35. The van der Waals surface area contributed by atoms with E-state index in [2.05, 4.69) is 42.3 Å². The van der Waals surface area contributed by atoms with Crippen molar-refractivity contribution in [1.29, 1.82) is 0 Å². The highest BCUT2D eigenvalue weighted by atomic mass is 15.0. The highest BCUT2D eigenvalue weighted by Gasteiger charge is 2.16. The molecule has 0 saturated carbocycles. The van der Waals surface area contributed by atoms with Crippen molar-refractivity contribution in [2.45, 2.75) is 33.7 Å². The van der Waals surface area contributed by atoms with Gasteiger partial charge in [0, 0.05) is 18.7 Å². The summed E-state index contributed by atoms with van der Waals surface area (Å²) >= 11 is 0. The molecule has 0 aliphatic rings. The molecular formula is C13H19N3. The van der Waals surface area contributed by atoms with Crippen LogP contribution in [0.25, 0.3) is 5.52 Å². The lowest BCUT2D eigenvalue weighted by Crippen LogP contribution is -2.14. The predicted molar refractivity (Wildman–Crippen MR) is 66.2 cm³/mol. The molecule has 16 heavy (non-hydrogen) atoms. The van der Waals surface area contributed by atoms with Gasteiger partial charge >= 0.3 is 0 Å². The lowest BCUT2D eigenvalue weighted by atomic mass is 9.92. The molecule has 3 nitrogen and oxygen atoms in total. The molecule has 0 spiro atoms. The summed E-state index contributed by atoms with van der Waals surface area (Å²) in [5.74, 6) is 1.10. The number of hydrogen-bond acceptors (Lipinski definition) is 2. The average molecular weight is 217 g/mol. The molecule has 0 aromatic carbocycles. The molecule has 0 unspecified atom stereocenters. The predicted octanol–water partition coefficient (Wildman–Crippen LogP) is 2.38. The molecule has 0 fully saturated rings. The molecule has 86 valence electrons. The van der Waals surface area contributed by atoms with Crippen molar-refractivity contribution >= 4 is 5.52 Å².